The van der Waals surface area contributed by atoms with E-state index in [-0.39, 0.29) is 23.6 Å². The second kappa shape index (κ2) is 4.94. The van der Waals surface area contributed by atoms with Crippen LogP contribution in [0.5, 0.6) is 0 Å². The molecule has 0 spiro atoms. The van der Waals surface area contributed by atoms with Crippen molar-refractivity contribution in [1.29, 1.82) is 0 Å². The fourth-order valence-electron chi connectivity index (χ4n) is 2.36. The van der Waals surface area contributed by atoms with Gasteiger partial charge in [-0.2, -0.15) is 0 Å². The standard InChI is InChI=1S/C13H19N3O2/c1-9-7-11(14)4-6-16(9)13(18)10-3-5-15(2)12(17)8-10/h3,5,8-9,11H,4,6-7,14H2,1-2H3. The van der Waals surface area contributed by atoms with E-state index in [9.17, 15) is 9.59 Å². The number of carbonyl (C=O) groups excluding carboxylic acids is 1. The number of amides is 1. The molecular weight excluding hydrogens is 230 g/mol. The molecule has 1 aromatic heterocycles. The lowest BCUT2D eigenvalue weighted by Gasteiger charge is -2.36. The van der Waals surface area contributed by atoms with E-state index in [4.69, 9.17) is 5.73 Å². The second-order valence-corrected chi connectivity index (χ2v) is 5.00. The molecule has 0 bridgehead atoms. The van der Waals surface area contributed by atoms with Gasteiger partial charge in [0.15, 0.2) is 0 Å². The Labute approximate surface area is 106 Å². The molecule has 2 heterocycles. The van der Waals surface area contributed by atoms with Crippen LogP contribution >= 0.6 is 0 Å². The van der Waals surface area contributed by atoms with Crippen LogP contribution in [0.1, 0.15) is 30.1 Å². The predicted molar refractivity (Wildman–Crippen MR) is 69.4 cm³/mol. The fraction of sp³-hybridized carbons (Fsp3) is 0.538. The van der Waals surface area contributed by atoms with Crippen LogP contribution < -0.4 is 11.3 Å². The highest BCUT2D eigenvalue weighted by Crippen LogP contribution is 2.18. The molecule has 98 valence electrons. The summed E-state index contributed by atoms with van der Waals surface area (Å²) in [5.74, 6) is -0.0768. The Bertz CT molecular complexity index is 509. The molecule has 1 aliphatic heterocycles. The highest BCUT2D eigenvalue weighted by molar-refractivity contribution is 5.94. The number of nitrogens with two attached hydrogens (primary N) is 1. The maximum absolute atomic E-state index is 12.3. The van der Waals surface area contributed by atoms with Crippen LogP contribution in [0.25, 0.3) is 0 Å². The van der Waals surface area contributed by atoms with E-state index in [1.54, 1.807) is 24.2 Å². The van der Waals surface area contributed by atoms with Gasteiger partial charge in [-0.1, -0.05) is 0 Å². The molecule has 2 rings (SSSR count). The highest BCUT2D eigenvalue weighted by atomic mass is 16.2. The Morgan fingerprint density at radius 2 is 2.22 bits per heavy atom. The molecule has 5 heteroatoms. The van der Waals surface area contributed by atoms with Crippen LogP contribution in [0.4, 0.5) is 0 Å². The third-order valence-corrected chi connectivity index (χ3v) is 3.53. The summed E-state index contributed by atoms with van der Waals surface area (Å²) in [5, 5.41) is 0. The zero-order chi connectivity index (χ0) is 13.3. The summed E-state index contributed by atoms with van der Waals surface area (Å²) >= 11 is 0. The molecule has 0 aromatic carbocycles. The van der Waals surface area contributed by atoms with E-state index in [0.717, 1.165) is 12.8 Å². The van der Waals surface area contributed by atoms with Gasteiger partial charge in [-0.25, -0.2) is 0 Å². The van der Waals surface area contributed by atoms with Gasteiger partial charge in [-0.05, 0) is 25.8 Å². The summed E-state index contributed by atoms with van der Waals surface area (Å²) in [6.07, 6.45) is 3.26. The fourth-order valence-corrected chi connectivity index (χ4v) is 2.36. The summed E-state index contributed by atoms with van der Waals surface area (Å²) < 4.78 is 1.45. The minimum absolute atomic E-state index is 0.0768. The molecule has 1 aliphatic rings. The average molecular weight is 249 g/mol. The van der Waals surface area contributed by atoms with Gasteiger partial charge in [0.2, 0.25) is 0 Å². The van der Waals surface area contributed by atoms with Gasteiger partial charge in [-0.3, -0.25) is 9.59 Å². The number of hydrogen-bond acceptors (Lipinski definition) is 3. The molecule has 0 saturated carbocycles. The van der Waals surface area contributed by atoms with Crippen molar-refractivity contribution in [3.8, 4) is 0 Å². The van der Waals surface area contributed by atoms with E-state index in [0.29, 0.717) is 12.1 Å². The Hall–Kier alpha value is -1.62. The van der Waals surface area contributed by atoms with Crippen LogP contribution in [0.15, 0.2) is 23.1 Å². The van der Waals surface area contributed by atoms with Gasteiger partial charge in [0.1, 0.15) is 0 Å². The maximum Gasteiger partial charge on any atom is 0.254 e. The monoisotopic (exact) mass is 249 g/mol. The van der Waals surface area contributed by atoms with E-state index < -0.39 is 0 Å². The molecule has 0 aliphatic carbocycles. The lowest BCUT2D eigenvalue weighted by molar-refractivity contribution is 0.0618. The summed E-state index contributed by atoms with van der Waals surface area (Å²) in [6, 6.07) is 3.38. The molecule has 1 saturated heterocycles. The third kappa shape index (κ3) is 2.46. The van der Waals surface area contributed by atoms with Gasteiger partial charge in [-0.15, -0.1) is 0 Å². The molecule has 2 unspecified atom stereocenters. The second-order valence-electron chi connectivity index (χ2n) is 5.00. The van der Waals surface area contributed by atoms with Gasteiger partial charge in [0.05, 0.1) is 0 Å². The molecule has 0 radical (unpaired) electrons. The van der Waals surface area contributed by atoms with Crippen molar-refractivity contribution in [3.05, 3.63) is 34.2 Å². The first-order valence-electron chi connectivity index (χ1n) is 6.22. The summed E-state index contributed by atoms with van der Waals surface area (Å²) in [4.78, 5) is 25.7. The smallest absolute Gasteiger partial charge is 0.254 e. The number of pyridine rings is 1. The third-order valence-electron chi connectivity index (χ3n) is 3.53. The quantitative estimate of drug-likeness (QED) is 0.780. The minimum atomic E-state index is -0.165. The first kappa shape index (κ1) is 12.8. The SMILES string of the molecule is CC1CC(N)CCN1C(=O)c1ccn(C)c(=O)c1. The number of aryl methyl sites for hydroxylation is 1. The van der Waals surface area contributed by atoms with Crippen molar-refractivity contribution >= 4 is 5.91 Å². The van der Waals surface area contributed by atoms with E-state index >= 15 is 0 Å². The highest BCUT2D eigenvalue weighted by Gasteiger charge is 2.27. The minimum Gasteiger partial charge on any atom is -0.336 e. The van der Waals surface area contributed by atoms with Gasteiger partial charge >= 0.3 is 0 Å². The van der Waals surface area contributed by atoms with Gasteiger partial charge in [0.25, 0.3) is 11.5 Å². The largest absolute Gasteiger partial charge is 0.336 e. The Morgan fingerprint density at radius 1 is 1.50 bits per heavy atom. The molecular formula is C13H19N3O2. The Morgan fingerprint density at radius 3 is 2.83 bits per heavy atom. The van der Waals surface area contributed by atoms with Crippen LogP contribution in [0.3, 0.4) is 0 Å². The molecule has 1 amide bonds. The molecule has 1 fully saturated rings. The van der Waals surface area contributed by atoms with Crippen molar-refractivity contribution in [3.63, 3.8) is 0 Å². The Kier molecular flexibility index (Phi) is 3.52. The zero-order valence-electron chi connectivity index (χ0n) is 10.8. The first-order chi connectivity index (χ1) is 8.49. The number of carbonyl (C=O) groups is 1. The number of likely N-dealkylation sites (tertiary alicyclic amines) is 1. The van der Waals surface area contributed by atoms with Crippen molar-refractivity contribution < 1.29 is 4.79 Å². The lowest BCUT2D eigenvalue weighted by atomic mass is 9.98. The average Bonchev–Trinajstić information content (AvgIpc) is 2.32. The van der Waals surface area contributed by atoms with Crippen molar-refractivity contribution in [2.24, 2.45) is 12.8 Å². The number of piperidine rings is 1. The van der Waals surface area contributed by atoms with Crippen molar-refractivity contribution in [2.45, 2.75) is 31.8 Å². The van der Waals surface area contributed by atoms with E-state index in [1.807, 2.05) is 6.92 Å². The van der Waals surface area contributed by atoms with Crippen molar-refractivity contribution in [2.75, 3.05) is 6.54 Å². The summed E-state index contributed by atoms with van der Waals surface area (Å²) in [7, 11) is 1.67. The molecule has 2 N–H and O–H groups in total. The number of aromatic nitrogens is 1. The Balaban J connectivity index is 2.20. The lowest BCUT2D eigenvalue weighted by Crippen LogP contribution is -2.48. The first-order valence-corrected chi connectivity index (χ1v) is 6.22. The summed E-state index contributed by atoms with van der Waals surface area (Å²) in [6.45, 7) is 2.66. The number of nitrogens with zero attached hydrogens (tertiary/aromatic N) is 2. The number of hydrogen-bond donors (Lipinski definition) is 1. The van der Waals surface area contributed by atoms with E-state index in [2.05, 4.69) is 0 Å². The van der Waals surface area contributed by atoms with E-state index in [1.165, 1.54) is 10.6 Å². The molecule has 1 aromatic rings. The van der Waals surface area contributed by atoms with Crippen molar-refractivity contribution in [1.82, 2.24) is 9.47 Å². The molecule has 2 atom stereocenters. The van der Waals surface area contributed by atoms with Gasteiger partial charge < -0.3 is 15.2 Å². The van der Waals surface area contributed by atoms with Crippen LogP contribution in [0, 0.1) is 0 Å². The van der Waals surface area contributed by atoms with Crippen LogP contribution in [-0.2, 0) is 7.05 Å². The maximum atomic E-state index is 12.3. The predicted octanol–water partition coefficient (Wildman–Crippen LogP) is 0.337. The molecule has 18 heavy (non-hydrogen) atoms. The van der Waals surface area contributed by atoms with Crippen LogP contribution in [-0.4, -0.2) is 34.0 Å². The van der Waals surface area contributed by atoms with Crippen LogP contribution in [0.2, 0.25) is 0 Å². The summed E-state index contributed by atoms with van der Waals surface area (Å²) in [5.41, 5.74) is 6.17. The zero-order valence-corrected chi connectivity index (χ0v) is 10.8. The number of rotatable bonds is 1. The van der Waals surface area contributed by atoms with Gasteiger partial charge in [0, 0.05) is 43.5 Å². The topological polar surface area (TPSA) is 68.3 Å². The molecule has 5 nitrogen and oxygen atoms in total. The normalized spacial score (nSPS) is 24.1.